The molecule has 0 radical (unpaired) electrons. The topological polar surface area (TPSA) is 99.0 Å². The van der Waals surface area contributed by atoms with Crippen LogP contribution in [0.25, 0.3) is 0 Å². The molecule has 0 fully saturated rings. The maximum absolute atomic E-state index is 12.3. The van der Waals surface area contributed by atoms with Crippen molar-refractivity contribution < 1.29 is 24.3 Å². The highest BCUT2D eigenvalue weighted by molar-refractivity contribution is 6.22. The van der Waals surface area contributed by atoms with Crippen molar-refractivity contribution in [2.45, 2.75) is 13.3 Å². The number of benzene rings is 1. The number of rotatable bonds is 7. The molecule has 2 rings (SSSR count). The van der Waals surface area contributed by atoms with Crippen LogP contribution in [0.3, 0.4) is 0 Å². The molecule has 1 aliphatic rings. The highest BCUT2D eigenvalue weighted by Crippen LogP contribution is 2.30. The predicted octanol–water partition coefficient (Wildman–Crippen LogP) is 1.28. The molecule has 0 aromatic heterocycles. The van der Waals surface area contributed by atoms with Crippen LogP contribution in [-0.2, 0) is 4.84 Å². The third kappa shape index (κ3) is 2.93. The van der Waals surface area contributed by atoms with E-state index in [0.717, 1.165) is 4.90 Å². The van der Waals surface area contributed by atoms with Gasteiger partial charge in [0, 0.05) is 6.54 Å². The van der Waals surface area contributed by atoms with Gasteiger partial charge in [-0.05, 0) is 25.5 Å². The molecular formula is C13H14N2O6. The van der Waals surface area contributed by atoms with Crippen molar-refractivity contribution >= 4 is 11.8 Å². The lowest BCUT2D eigenvalue weighted by atomic mass is 10.1. The number of carbonyl (C=O) groups excluding carboxylic acids is 2. The third-order valence-corrected chi connectivity index (χ3v) is 2.98. The second-order valence-corrected chi connectivity index (χ2v) is 4.28. The molecule has 0 spiro atoms. The zero-order chi connectivity index (χ0) is 15.4. The van der Waals surface area contributed by atoms with Gasteiger partial charge in [-0.3, -0.25) is 14.5 Å². The molecule has 112 valence electrons. The summed E-state index contributed by atoms with van der Waals surface area (Å²) in [7, 11) is 0. The maximum atomic E-state index is 12.3. The van der Waals surface area contributed by atoms with Gasteiger partial charge >= 0.3 is 0 Å². The minimum Gasteiger partial charge on any atom is -0.493 e. The normalized spacial score (nSPS) is 13.3. The van der Waals surface area contributed by atoms with Crippen LogP contribution in [0.4, 0.5) is 0 Å². The van der Waals surface area contributed by atoms with E-state index in [2.05, 4.69) is 4.84 Å². The van der Waals surface area contributed by atoms with Gasteiger partial charge in [-0.25, -0.2) is 0 Å². The summed E-state index contributed by atoms with van der Waals surface area (Å²) in [5, 5.41) is 9.13. The fourth-order valence-corrected chi connectivity index (χ4v) is 2.14. The molecule has 0 N–H and O–H groups in total. The molecule has 0 bridgehead atoms. The van der Waals surface area contributed by atoms with Gasteiger partial charge in [-0.15, -0.1) is 10.1 Å². The summed E-state index contributed by atoms with van der Waals surface area (Å²) in [5.41, 5.74) is 0.542. The highest BCUT2D eigenvalue weighted by Gasteiger charge is 2.37. The van der Waals surface area contributed by atoms with Crippen molar-refractivity contribution in [3.63, 3.8) is 0 Å². The Kier molecular flexibility index (Phi) is 4.36. The van der Waals surface area contributed by atoms with Crippen LogP contribution in [0.5, 0.6) is 5.75 Å². The molecule has 8 nitrogen and oxygen atoms in total. The molecule has 8 heteroatoms. The Balaban J connectivity index is 2.11. The van der Waals surface area contributed by atoms with E-state index < -0.39 is 16.9 Å². The van der Waals surface area contributed by atoms with Crippen molar-refractivity contribution in [2.75, 3.05) is 19.8 Å². The molecule has 0 aliphatic carbocycles. The summed E-state index contributed by atoms with van der Waals surface area (Å²) in [6, 6.07) is 4.84. The first-order chi connectivity index (χ1) is 10.1. The average Bonchev–Trinajstić information content (AvgIpc) is 2.69. The van der Waals surface area contributed by atoms with Crippen LogP contribution in [0.2, 0.25) is 0 Å². The fraction of sp³-hybridized carbons (Fsp3) is 0.385. The van der Waals surface area contributed by atoms with E-state index in [0.29, 0.717) is 17.9 Å². The quantitative estimate of drug-likeness (QED) is 0.325. The van der Waals surface area contributed by atoms with Crippen LogP contribution < -0.4 is 4.74 Å². The second kappa shape index (κ2) is 6.21. The minimum absolute atomic E-state index is 0.0613. The highest BCUT2D eigenvalue weighted by atomic mass is 16.9. The lowest BCUT2D eigenvalue weighted by Crippen LogP contribution is -2.31. The Bertz CT molecular complexity index is 586. The summed E-state index contributed by atoms with van der Waals surface area (Å²) in [6.45, 7) is 2.06. The van der Waals surface area contributed by atoms with Gasteiger partial charge in [-0.2, -0.15) is 0 Å². The molecule has 0 unspecified atom stereocenters. The molecule has 0 saturated carbocycles. The van der Waals surface area contributed by atoms with Crippen LogP contribution >= 0.6 is 0 Å². The van der Waals surface area contributed by atoms with Crippen LogP contribution in [0.1, 0.15) is 34.1 Å². The van der Waals surface area contributed by atoms with E-state index >= 15 is 0 Å². The first kappa shape index (κ1) is 14.8. The first-order valence-electron chi connectivity index (χ1n) is 6.45. The number of ether oxygens (including phenoxy) is 1. The zero-order valence-electron chi connectivity index (χ0n) is 11.4. The molecule has 1 aromatic carbocycles. The summed E-state index contributed by atoms with van der Waals surface area (Å²) in [6.07, 6.45) is 0.191. The van der Waals surface area contributed by atoms with Crippen LogP contribution in [0, 0.1) is 10.1 Å². The third-order valence-electron chi connectivity index (χ3n) is 2.98. The van der Waals surface area contributed by atoms with E-state index in [1.807, 2.05) is 0 Å². The molecule has 1 heterocycles. The summed E-state index contributed by atoms with van der Waals surface area (Å²) < 4.78 is 5.36. The smallest absolute Gasteiger partial charge is 0.294 e. The number of hydrogen-bond donors (Lipinski definition) is 0. The van der Waals surface area contributed by atoms with Gasteiger partial charge in [0.2, 0.25) is 0 Å². The molecular weight excluding hydrogens is 280 g/mol. The molecule has 1 aliphatic heterocycles. The Morgan fingerprint density at radius 3 is 2.71 bits per heavy atom. The van der Waals surface area contributed by atoms with Crippen LogP contribution in [-0.4, -0.2) is 41.6 Å². The van der Waals surface area contributed by atoms with E-state index in [9.17, 15) is 19.7 Å². The molecule has 2 amide bonds. The predicted molar refractivity (Wildman–Crippen MR) is 70.5 cm³/mol. The van der Waals surface area contributed by atoms with Gasteiger partial charge < -0.3 is 9.57 Å². The molecule has 0 atom stereocenters. The Labute approximate surface area is 120 Å². The molecule has 1 aromatic rings. The average molecular weight is 294 g/mol. The summed E-state index contributed by atoms with van der Waals surface area (Å²) in [5.74, 6) is -0.491. The van der Waals surface area contributed by atoms with E-state index in [1.165, 1.54) is 0 Å². The lowest BCUT2D eigenvalue weighted by molar-refractivity contribution is -0.757. The second-order valence-electron chi connectivity index (χ2n) is 4.28. The van der Waals surface area contributed by atoms with Crippen molar-refractivity contribution in [1.82, 2.24) is 4.90 Å². The van der Waals surface area contributed by atoms with Crippen molar-refractivity contribution in [1.29, 1.82) is 0 Å². The van der Waals surface area contributed by atoms with Gasteiger partial charge in [0.15, 0.2) is 0 Å². The van der Waals surface area contributed by atoms with Crippen LogP contribution in [0.15, 0.2) is 18.2 Å². The van der Waals surface area contributed by atoms with Crippen molar-refractivity contribution in [3.05, 3.63) is 39.4 Å². The Morgan fingerprint density at radius 2 is 2.05 bits per heavy atom. The number of amides is 2. The molecule has 21 heavy (non-hydrogen) atoms. The summed E-state index contributed by atoms with van der Waals surface area (Å²) in [4.78, 5) is 39.7. The number of fused-ring (bicyclic) bond motifs is 1. The van der Waals surface area contributed by atoms with Gasteiger partial charge in [-0.1, -0.05) is 6.07 Å². The Morgan fingerprint density at radius 1 is 1.29 bits per heavy atom. The standard InChI is InChI=1S/C13H14N2O6/c1-2-20-10-6-3-5-9-11(10)13(17)14(12(9)16)7-4-8-21-15(18)19/h3,5-6H,2,4,7-8H2,1H3. The number of hydrogen-bond acceptors (Lipinski definition) is 6. The Hall–Kier alpha value is -2.64. The number of nitrogens with zero attached hydrogens (tertiary/aromatic N) is 2. The van der Waals surface area contributed by atoms with Gasteiger partial charge in [0.05, 0.1) is 24.3 Å². The summed E-state index contributed by atoms with van der Waals surface area (Å²) >= 11 is 0. The number of imide groups is 1. The van der Waals surface area contributed by atoms with E-state index in [4.69, 9.17) is 4.74 Å². The lowest BCUT2D eigenvalue weighted by Gasteiger charge is -2.13. The van der Waals surface area contributed by atoms with E-state index in [1.54, 1.807) is 25.1 Å². The van der Waals surface area contributed by atoms with Gasteiger partial charge in [0.1, 0.15) is 5.75 Å². The van der Waals surface area contributed by atoms with Gasteiger partial charge in [0.25, 0.3) is 16.9 Å². The largest absolute Gasteiger partial charge is 0.493 e. The van der Waals surface area contributed by atoms with E-state index in [-0.39, 0.29) is 25.1 Å². The SMILES string of the molecule is CCOc1cccc2c1C(=O)N(CCCO[N+](=O)[O-])C2=O. The minimum atomic E-state index is -0.907. The molecule has 0 saturated heterocycles. The zero-order valence-corrected chi connectivity index (χ0v) is 11.4. The monoisotopic (exact) mass is 294 g/mol. The van der Waals surface area contributed by atoms with Crippen molar-refractivity contribution in [3.8, 4) is 5.75 Å². The van der Waals surface area contributed by atoms with Crippen molar-refractivity contribution in [2.24, 2.45) is 0 Å². The maximum Gasteiger partial charge on any atom is 0.294 e. The number of carbonyl (C=O) groups is 2. The first-order valence-corrected chi connectivity index (χ1v) is 6.45. The fourth-order valence-electron chi connectivity index (χ4n) is 2.14.